The summed E-state index contributed by atoms with van der Waals surface area (Å²) in [6.07, 6.45) is 0.968. The average Bonchev–Trinajstić information content (AvgIpc) is 2.47. The van der Waals surface area contributed by atoms with E-state index >= 15 is 0 Å². The van der Waals surface area contributed by atoms with Crippen LogP contribution in [0.3, 0.4) is 0 Å². The van der Waals surface area contributed by atoms with E-state index < -0.39 is 0 Å². The molecule has 0 saturated carbocycles. The van der Waals surface area contributed by atoms with Gasteiger partial charge in [0.05, 0.1) is 6.42 Å². The van der Waals surface area contributed by atoms with Gasteiger partial charge in [-0.15, -0.1) is 0 Å². The Morgan fingerprint density at radius 1 is 1.75 bits per heavy atom. The van der Waals surface area contributed by atoms with Crippen LogP contribution in [0.2, 0.25) is 0 Å². The summed E-state index contributed by atoms with van der Waals surface area (Å²) in [6.45, 7) is 2.58. The first-order valence-electron chi connectivity index (χ1n) is 3.87. The Hall–Kier alpha value is -1.39. The number of hydrogen-bond acceptors (Lipinski definition) is 3. The van der Waals surface area contributed by atoms with Crippen molar-refractivity contribution < 1.29 is 9.59 Å². The third-order valence-corrected chi connectivity index (χ3v) is 1.44. The Labute approximate surface area is 70.2 Å². The van der Waals surface area contributed by atoms with Crippen LogP contribution in [0.5, 0.6) is 0 Å². The fraction of sp³-hybridized carbons (Fsp3) is 0.571. The monoisotopic (exact) mass is 169 g/mol. The molecular formula is C7H11N3O2. The molecule has 0 spiro atoms. The predicted molar refractivity (Wildman–Crippen MR) is 43.5 cm³/mol. The van der Waals surface area contributed by atoms with E-state index in [9.17, 15) is 9.59 Å². The van der Waals surface area contributed by atoms with Gasteiger partial charge in [-0.1, -0.05) is 6.92 Å². The third kappa shape index (κ3) is 2.05. The van der Waals surface area contributed by atoms with Crippen molar-refractivity contribution in [2.24, 2.45) is 5.10 Å². The number of amides is 2. The molecule has 2 amide bonds. The molecule has 5 nitrogen and oxygen atoms in total. The van der Waals surface area contributed by atoms with Crippen molar-refractivity contribution in [2.75, 3.05) is 6.54 Å². The van der Waals surface area contributed by atoms with Crippen molar-refractivity contribution in [1.29, 1.82) is 0 Å². The largest absolute Gasteiger partial charge is 0.351 e. The molecule has 2 N–H and O–H groups in total. The maximum absolute atomic E-state index is 11.1. The highest BCUT2D eigenvalue weighted by molar-refractivity contribution is 6.43. The first-order chi connectivity index (χ1) is 5.74. The van der Waals surface area contributed by atoms with Gasteiger partial charge in [-0.25, -0.2) is 5.43 Å². The van der Waals surface area contributed by atoms with Crippen LogP contribution in [0.1, 0.15) is 19.8 Å². The Bertz CT molecular complexity index is 235. The number of carbonyl (C=O) groups excluding carboxylic acids is 2. The molecule has 0 fully saturated rings. The molecular weight excluding hydrogens is 158 g/mol. The van der Waals surface area contributed by atoms with Crippen LogP contribution in [0.15, 0.2) is 5.10 Å². The van der Waals surface area contributed by atoms with Gasteiger partial charge in [0, 0.05) is 6.54 Å². The van der Waals surface area contributed by atoms with Gasteiger partial charge in [0.1, 0.15) is 5.71 Å². The van der Waals surface area contributed by atoms with Gasteiger partial charge in [0.2, 0.25) is 5.91 Å². The van der Waals surface area contributed by atoms with Gasteiger partial charge in [-0.2, -0.15) is 5.10 Å². The second-order valence-electron chi connectivity index (χ2n) is 2.53. The number of nitrogens with one attached hydrogen (secondary N) is 2. The van der Waals surface area contributed by atoms with Gasteiger partial charge < -0.3 is 5.32 Å². The molecule has 0 radical (unpaired) electrons. The number of nitrogens with zero attached hydrogens (tertiary/aromatic N) is 1. The zero-order valence-corrected chi connectivity index (χ0v) is 6.89. The van der Waals surface area contributed by atoms with Crippen LogP contribution in [-0.4, -0.2) is 24.1 Å². The first kappa shape index (κ1) is 8.70. The molecule has 0 aliphatic carbocycles. The van der Waals surface area contributed by atoms with Gasteiger partial charge in [-0.3, -0.25) is 9.59 Å². The molecule has 0 bridgehead atoms. The summed E-state index contributed by atoms with van der Waals surface area (Å²) in [5, 5.41) is 6.21. The normalized spacial score (nSPS) is 15.4. The van der Waals surface area contributed by atoms with E-state index in [0.717, 1.165) is 6.42 Å². The quantitative estimate of drug-likeness (QED) is 0.591. The molecule has 1 aliphatic rings. The summed E-state index contributed by atoms with van der Waals surface area (Å²) in [6, 6.07) is 0. The minimum Gasteiger partial charge on any atom is -0.351 e. The molecule has 0 aromatic rings. The molecule has 0 atom stereocenters. The van der Waals surface area contributed by atoms with Gasteiger partial charge in [0.15, 0.2) is 0 Å². The van der Waals surface area contributed by atoms with E-state index in [4.69, 9.17) is 0 Å². The topological polar surface area (TPSA) is 70.6 Å². The lowest BCUT2D eigenvalue weighted by molar-refractivity contribution is -0.120. The Balaban J connectivity index is 2.38. The number of carbonyl (C=O) groups is 2. The summed E-state index contributed by atoms with van der Waals surface area (Å²) in [5.41, 5.74) is 2.49. The van der Waals surface area contributed by atoms with E-state index in [1.54, 1.807) is 0 Å². The second-order valence-corrected chi connectivity index (χ2v) is 2.53. The maximum atomic E-state index is 11.1. The van der Waals surface area contributed by atoms with Gasteiger partial charge in [-0.05, 0) is 6.42 Å². The Kier molecular flexibility index (Phi) is 2.79. The van der Waals surface area contributed by atoms with Crippen molar-refractivity contribution in [1.82, 2.24) is 10.7 Å². The van der Waals surface area contributed by atoms with E-state index in [2.05, 4.69) is 15.8 Å². The highest BCUT2D eigenvalue weighted by Gasteiger charge is 2.20. The van der Waals surface area contributed by atoms with Gasteiger partial charge in [0.25, 0.3) is 5.91 Å². The first-order valence-corrected chi connectivity index (χ1v) is 3.87. The van der Waals surface area contributed by atoms with Crippen LogP contribution in [0, 0.1) is 0 Å². The van der Waals surface area contributed by atoms with Crippen LogP contribution in [0.25, 0.3) is 0 Å². The summed E-state index contributed by atoms with van der Waals surface area (Å²) in [5.74, 6) is -0.480. The fourth-order valence-electron chi connectivity index (χ4n) is 0.833. The molecule has 5 heteroatoms. The highest BCUT2D eigenvalue weighted by Crippen LogP contribution is 1.94. The molecule has 1 heterocycles. The smallest absolute Gasteiger partial charge is 0.268 e. The SMILES string of the molecule is CCCNC(=O)C1=NNC(=O)C1. The van der Waals surface area contributed by atoms with Crippen molar-refractivity contribution in [2.45, 2.75) is 19.8 Å². The van der Waals surface area contributed by atoms with Crippen molar-refractivity contribution in [3.05, 3.63) is 0 Å². The Morgan fingerprint density at radius 2 is 2.50 bits per heavy atom. The van der Waals surface area contributed by atoms with Crippen molar-refractivity contribution in [3.63, 3.8) is 0 Å². The van der Waals surface area contributed by atoms with E-state index in [1.165, 1.54) is 0 Å². The molecule has 12 heavy (non-hydrogen) atoms. The zero-order valence-electron chi connectivity index (χ0n) is 6.89. The average molecular weight is 169 g/mol. The standard InChI is InChI=1S/C7H11N3O2/c1-2-3-8-7(12)5-4-6(11)10-9-5/h2-4H2,1H3,(H,8,12)(H,10,11). The lowest BCUT2D eigenvalue weighted by Crippen LogP contribution is -2.30. The van der Waals surface area contributed by atoms with Crippen LogP contribution in [0.4, 0.5) is 0 Å². The molecule has 0 aromatic heterocycles. The van der Waals surface area contributed by atoms with Crippen molar-refractivity contribution >= 4 is 17.5 Å². The zero-order chi connectivity index (χ0) is 8.97. The summed E-state index contributed by atoms with van der Waals surface area (Å²) in [7, 11) is 0. The lowest BCUT2D eigenvalue weighted by Gasteiger charge is -1.99. The second kappa shape index (κ2) is 3.85. The number of rotatable bonds is 3. The molecule has 66 valence electrons. The molecule has 0 aromatic carbocycles. The maximum Gasteiger partial charge on any atom is 0.268 e. The third-order valence-electron chi connectivity index (χ3n) is 1.44. The van der Waals surface area contributed by atoms with Crippen LogP contribution < -0.4 is 10.7 Å². The van der Waals surface area contributed by atoms with Crippen molar-refractivity contribution in [3.8, 4) is 0 Å². The van der Waals surface area contributed by atoms with Crippen LogP contribution >= 0.6 is 0 Å². The highest BCUT2D eigenvalue weighted by atomic mass is 16.2. The molecule has 1 aliphatic heterocycles. The summed E-state index contributed by atoms with van der Waals surface area (Å²) in [4.78, 5) is 21.7. The van der Waals surface area contributed by atoms with E-state index in [1.807, 2.05) is 6.92 Å². The minimum atomic E-state index is -0.254. The molecule has 0 unspecified atom stereocenters. The minimum absolute atomic E-state index is 0.0928. The number of hydrogen-bond donors (Lipinski definition) is 2. The Morgan fingerprint density at radius 3 is 3.00 bits per heavy atom. The summed E-state index contributed by atoms with van der Waals surface area (Å²) < 4.78 is 0. The van der Waals surface area contributed by atoms with Gasteiger partial charge >= 0.3 is 0 Å². The van der Waals surface area contributed by atoms with Crippen LogP contribution in [-0.2, 0) is 9.59 Å². The number of hydrazone groups is 1. The molecule has 0 saturated heterocycles. The van der Waals surface area contributed by atoms with E-state index in [0.29, 0.717) is 6.54 Å². The lowest BCUT2D eigenvalue weighted by atomic mass is 10.2. The predicted octanol–water partition coefficient (Wildman–Crippen LogP) is -0.612. The molecule has 1 rings (SSSR count). The fourth-order valence-corrected chi connectivity index (χ4v) is 0.833. The van der Waals surface area contributed by atoms with E-state index in [-0.39, 0.29) is 23.9 Å². The summed E-state index contributed by atoms with van der Waals surface area (Å²) >= 11 is 0.